The number of piperidine rings is 1. The lowest BCUT2D eigenvalue weighted by molar-refractivity contribution is -0.126. The van der Waals surface area contributed by atoms with Gasteiger partial charge in [0.05, 0.1) is 12.2 Å². The van der Waals surface area contributed by atoms with E-state index in [1.165, 1.54) is 16.8 Å². The molecule has 1 fully saturated rings. The van der Waals surface area contributed by atoms with Crippen LogP contribution in [0, 0.1) is 5.92 Å². The molecule has 1 atom stereocenters. The Kier molecular flexibility index (Phi) is 5.64. The Morgan fingerprint density at radius 3 is 2.73 bits per heavy atom. The van der Waals surface area contributed by atoms with Crippen LogP contribution in [-0.2, 0) is 28.4 Å². The number of aromatic nitrogens is 2. The summed E-state index contributed by atoms with van der Waals surface area (Å²) >= 11 is 5.85. The SMILES string of the molecule is Cn1cnc(S(=O)(=O)N2CCCC(C(=O)NCc3ccc(Cl)cc3)C2)c1. The minimum absolute atomic E-state index is 0.0159. The summed E-state index contributed by atoms with van der Waals surface area (Å²) in [5, 5.41) is 3.54. The topological polar surface area (TPSA) is 84.3 Å². The average Bonchev–Trinajstić information content (AvgIpc) is 3.08. The molecule has 0 bridgehead atoms. The number of carbonyl (C=O) groups is 1. The lowest BCUT2D eigenvalue weighted by Gasteiger charge is -2.30. The molecule has 0 radical (unpaired) electrons. The largest absolute Gasteiger partial charge is 0.352 e. The summed E-state index contributed by atoms with van der Waals surface area (Å²) in [6.45, 7) is 0.963. The molecular formula is C17H21ClN4O3S. The van der Waals surface area contributed by atoms with Gasteiger partial charge in [-0.25, -0.2) is 13.4 Å². The molecular weight excluding hydrogens is 376 g/mol. The second-order valence-corrected chi connectivity index (χ2v) is 8.75. The summed E-state index contributed by atoms with van der Waals surface area (Å²) in [6, 6.07) is 7.23. The molecule has 1 N–H and O–H groups in total. The van der Waals surface area contributed by atoms with E-state index in [1.54, 1.807) is 23.7 Å². The number of hydrogen-bond acceptors (Lipinski definition) is 4. The van der Waals surface area contributed by atoms with Gasteiger partial charge in [0.15, 0.2) is 5.03 Å². The minimum atomic E-state index is -3.67. The van der Waals surface area contributed by atoms with Crippen LogP contribution in [0.1, 0.15) is 18.4 Å². The first-order chi connectivity index (χ1) is 12.4. The van der Waals surface area contributed by atoms with Crippen LogP contribution in [0.15, 0.2) is 41.8 Å². The molecule has 2 aromatic rings. The number of sulfonamides is 1. The first-order valence-corrected chi connectivity index (χ1v) is 10.2. The molecule has 1 unspecified atom stereocenters. The van der Waals surface area contributed by atoms with Crippen molar-refractivity contribution < 1.29 is 13.2 Å². The van der Waals surface area contributed by atoms with E-state index >= 15 is 0 Å². The van der Waals surface area contributed by atoms with Gasteiger partial charge in [-0.05, 0) is 30.5 Å². The van der Waals surface area contributed by atoms with Crippen LogP contribution in [0.2, 0.25) is 5.02 Å². The first kappa shape index (κ1) is 18.9. The molecule has 1 aromatic carbocycles. The summed E-state index contributed by atoms with van der Waals surface area (Å²) < 4.78 is 28.3. The van der Waals surface area contributed by atoms with Crippen molar-refractivity contribution in [2.75, 3.05) is 13.1 Å². The summed E-state index contributed by atoms with van der Waals surface area (Å²) in [4.78, 5) is 16.4. The molecule has 1 aliphatic rings. The third-order valence-corrected chi connectivity index (χ3v) is 6.42. The predicted molar refractivity (Wildman–Crippen MR) is 98.0 cm³/mol. The lowest BCUT2D eigenvalue weighted by atomic mass is 9.99. The summed E-state index contributed by atoms with van der Waals surface area (Å²) in [5.74, 6) is -0.504. The van der Waals surface area contributed by atoms with E-state index in [4.69, 9.17) is 11.6 Å². The molecule has 1 aromatic heterocycles. The third kappa shape index (κ3) is 4.25. The van der Waals surface area contributed by atoms with E-state index in [1.807, 2.05) is 12.1 Å². The van der Waals surface area contributed by atoms with Crippen molar-refractivity contribution >= 4 is 27.5 Å². The second kappa shape index (κ2) is 7.77. The van der Waals surface area contributed by atoms with Crippen molar-refractivity contribution in [2.45, 2.75) is 24.4 Å². The van der Waals surface area contributed by atoms with Gasteiger partial charge in [0.1, 0.15) is 0 Å². The molecule has 0 saturated carbocycles. The van der Waals surface area contributed by atoms with E-state index in [2.05, 4.69) is 10.3 Å². The molecule has 140 valence electrons. The molecule has 0 aliphatic carbocycles. The zero-order valence-electron chi connectivity index (χ0n) is 14.4. The van der Waals surface area contributed by atoms with E-state index < -0.39 is 10.0 Å². The Morgan fingerprint density at radius 2 is 2.08 bits per heavy atom. The monoisotopic (exact) mass is 396 g/mol. The first-order valence-electron chi connectivity index (χ1n) is 8.36. The maximum absolute atomic E-state index is 12.7. The number of hydrogen-bond donors (Lipinski definition) is 1. The van der Waals surface area contributed by atoms with Crippen molar-refractivity contribution in [1.82, 2.24) is 19.2 Å². The van der Waals surface area contributed by atoms with Crippen LogP contribution < -0.4 is 5.32 Å². The van der Waals surface area contributed by atoms with Crippen LogP contribution in [-0.4, -0.2) is 41.3 Å². The van der Waals surface area contributed by atoms with Crippen molar-refractivity contribution in [1.29, 1.82) is 0 Å². The number of halogens is 1. The summed E-state index contributed by atoms with van der Waals surface area (Å²) in [6.07, 6.45) is 4.23. The smallest absolute Gasteiger partial charge is 0.262 e. The van der Waals surface area contributed by atoms with Crippen LogP contribution in [0.3, 0.4) is 0 Å². The van der Waals surface area contributed by atoms with Gasteiger partial charge in [-0.2, -0.15) is 4.31 Å². The van der Waals surface area contributed by atoms with Crippen LogP contribution in [0.25, 0.3) is 0 Å². The molecule has 1 saturated heterocycles. The van der Waals surface area contributed by atoms with Crippen molar-refractivity contribution in [3.63, 3.8) is 0 Å². The van der Waals surface area contributed by atoms with Gasteiger partial charge in [-0.15, -0.1) is 0 Å². The van der Waals surface area contributed by atoms with Gasteiger partial charge in [0.2, 0.25) is 5.91 Å². The van der Waals surface area contributed by atoms with Crippen molar-refractivity contribution in [3.8, 4) is 0 Å². The number of rotatable bonds is 5. The maximum atomic E-state index is 12.7. The number of amides is 1. The van der Waals surface area contributed by atoms with Crippen LogP contribution >= 0.6 is 11.6 Å². The van der Waals surface area contributed by atoms with E-state index in [9.17, 15) is 13.2 Å². The fourth-order valence-electron chi connectivity index (χ4n) is 2.96. The van der Waals surface area contributed by atoms with E-state index in [0.29, 0.717) is 31.0 Å². The Morgan fingerprint density at radius 1 is 1.35 bits per heavy atom. The lowest BCUT2D eigenvalue weighted by Crippen LogP contribution is -2.45. The highest BCUT2D eigenvalue weighted by molar-refractivity contribution is 7.89. The fourth-order valence-corrected chi connectivity index (χ4v) is 4.58. The number of benzene rings is 1. The number of aryl methyl sites for hydroxylation is 1. The molecule has 1 amide bonds. The Hall–Kier alpha value is -1.90. The quantitative estimate of drug-likeness (QED) is 0.835. The normalized spacial score (nSPS) is 18.6. The van der Waals surface area contributed by atoms with Gasteiger partial charge in [0.25, 0.3) is 10.0 Å². The molecule has 7 nitrogen and oxygen atoms in total. The van der Waals surface area contributed by atoms with Gasteiger partial charge < -0.3 is 9.88 Å². The number of nitrogens with one attached hydrogen (secondary N) is 1. The average molecular weight is 397 g/mol. The van der Waals surface area contributed by atoms with Crippen molar-refractivity contribution in [3.05, 3.63) is 47.4 Å². The highest BCUT2D eigenvalue weighted by atomic mass is 35.5. The van der Waals surface area contributed by atoms with E-state index in [-0.39, 0.29) is 23.4 Å². The van der Waals surface area contributed by atoms with Gasteiger partial charge in [-0.3, -0.25) is 4.79 Å². The number of nitrogens with zero attached hydrogens (tertiary/aromatic N) is 3. The van der Waals surface area contributed by atoms with Crippen LogP contribution in [0.5, 0.6) is 0 Å². The van der Waals surface area contributed by atoms with Gasteiger partial charge >= 0.3 is 0 Å². The third-order valence-electron chi connectivity index (χ3n) is 4.42. The zero-order chi connectivity index (χ0) is 18.7. The molecule has 1 aliphatic heterocycles. The Balaban J connectivity index is 1.62. The zero-order valence-corrected chi connectivity index (χ0v) is 16.0. The molecule has 3 rings (SSSR count). The minimum Gasteiger partial charge on any atom is -0.352 e. The second-order valence-electron chi connectivity index (χ2n) is 6.42. The fraction of sp³-hybridized carbons (Fsp3) is 0.412. The highest BCUT2D eigenvalue weighted by Gasteiger charge is 2.34. The standard InChI is InChI=1S/C17H21ClN4O3S/c1-21-11-16(20-12-21)26(24,25)22-8-2-3-14(10-22)17(23)19-9-13-4-6-15(18)7-5-13/h4-7,11-12,14H,2-3,8-10H2,1H3,(H,19,23). The van der Waals surface area contributed by atoms with Crippen molar-refractivity contribution in [2.24, 2.45) is 13.0 Å². The molecule has 9 heteroatoms. The highest BCUT2D eigenvalue weighted by Crippen LogP contribution is 2.23. The Labute approximate surface area is 158 Å². The summed E-state index contributed by atoms with van der Waals surface area (Å²) in [5.41, 5.74) is 0.941. The summed E-state index contributed by atoms with van der Waals surface area (Å²) in [7, 11) is -1.96. The predicted octanol–water partition coefficient (Wildman–Crippen LogP) is 1.79. The van der Waals surface area contributed by atoms with E-state index in [0.717, 1.165) is 5.56 Å². The van der Waals surface area contributed by atoms with Gasteiger partial charge in [0, 0.05) is 37.9 Å². The Bertz CT molecular complexity index is 880. The number of carbonyl (C=O) groups excluding carboxylic acids is 1. The maximum Gasteiger partial charge on any atom is 0.262 e. The molecule has 2 heterocycles. The van der Waals surface area contributed by atoms with Gasteiger partial charge in [-0.1, -0.05) is 23.7 Å². The molecule has 26 heavy (non-hydrogen) atoms. The van der Waals surface area contributed by atoms with Crippen LogP contribution in [0.4, 0.5) is 0 Å². The molecule has 0 spiro atoms. The number of imidazole rings is 1.